The van der Waals surface area contributed by atoms with Gasteiger partial charge in [-0.15, -0.1) is 0 Å². The van der Waals surface area contributed by atoms with Crippen LogP contribution < -0.4 is 0 Å². The number of ether oxygens (including phenoxy) is 1. The molecule has 144 valence electrons. The third-order valence-corrected chi connectivity index (χ3v) is 5.34. The summed E-state index contributed by atoms with van der Waals surface area (Å²) in [7, 11) is 0. The van der Waals surface area contributed by atoms with E-state index in [1.165, 1.54) is 0 Å². The van der Waals surface area contributed by atoms with Crippen LogP contribution in [0.15, 0.2) is 40.5 Å². The molecule has 1 aliphatic heterocycles. The van der Waals surface area contributed by atoms with Crippen LogP contribution in [0.2, 0.25) is 0 Å². The SMILES string of the molecule is CCCCCOC(=O)C1=C(C)N=C2CCCC(=O)[C@@H]2[C@H]1c1cccc(O)c1. The van der Waals surface area contributed by atoms with Crippen molar-refractivity contribution in [3.8, 4) is 5.75 Å². The van der Waals surface area contributed by atoms with Gasteiger partial charge in [0.05, 0.1) is 18.1 Å². The van der Waals surface area contributed by atoms with Gasteiger partial charge in [0.25, 0.3) is 0 Å². The lowest BCUT2D eigenvalue weighted by Crippen LogP contribution is -2.39. The van der Waals surface area contributed by atoms with Crippen LogP contribution in [-0.2, 0) is 14.3 Å². The van der Waals surface area contributed by atoms with E-state index in [-0.39, 0.29) is 11.5 Å². The maximum absolute atomic E-state index is 12.9. The summed E-state index contributed by atoms with van der Waals surface area (Å²) in [5.41, 5.74) is 2.66. The normalized spacial score (nSPS) is 22.3. The molecule has 1 heterocycles. The molecule has 0 unspecified atom stereocenters. The van der Waals surface area contributed by atoms with Gasteiger partial charge in [0.2, 0.25) is 0 Å². The number of unbranched alkanes of at least 4 members (excludes halogenated alkanes) is 2. The van der Waals surface area contributed by atoms with Crippen LogP contribution in [-0.4, -0.2) is 29.2 Å². The van der Waals surface area contributed by atoms with Crippen molar-refractivity contribution in [2.24, 2.45) is 10.9 Å². The van der Waals surface area contributed by atoms with Crippen molar-refractivity contribution in [1.82, 2.24) is 0 Å². The Labute approximate surface area is 160 Å². The first-order valence-corrected chi connectivity index (χ1v) is 9.80. The fourth-order valence-electron chi connectivity index (χ4n) is 4.06. The van der Waals surface area contributed by atoms with E-state index in [1.807, 2.05) is 6.07 Å². The Bertz CT molecular complexity index is 793. The zero-order valence-corrected chi connectivity index (χ0v) is 16.0. The van der Waals surface area contributed by atoms with E-state index >= 15 is 0 Å². The monoisotopic (exact) mass is 369 g/mol. The molecule has 0 spiro atoms. The van der Waals surface area contributed by atoms with E-state index in [4.69, 9.17) is 4.74 Å². The number of carbonyl (C=O) groups excluding carboxylic acids is 2. The predicted octanol–water partition coefficient (Wildman–Crippen LogP) is 4.31. The number of aliphatic imine (C=N–C) groups is 1. The van der Waals surface area contributed by atoms with Gasteiger partial charge in [0, 0.05) is 23.7 Å². The minimum atomic E-state index is -0.448. The number of phenols is 1. The number of benzene rings is 1. The number of Topliss-reactive ketones (excluding diaryl/α,β-unsaturated/α-hetero) is 1. The third-order valence-electron chi connectivity index (χ3n) is 5.34. The number of phenolic OH excluding ortho intramolecular Hbond substituents is 1. The topological polar surface area (TPSA) is 76.0 Å². The predicted molar refractivity (Wildman–Crippen MR) is 104 cm³/mol. The number of esters is 1. The molecule has 0 aromatic heterocycles. The van der Waals surface area contributed by atoms with Crippen molar-refractivity contribution in [3.05, 3.63) is 41.1 Å². The molecular weight excluding hydrogens is 342 g/mol. The van der Waals surface area contributed by atoms with Gasteiger partial charge >= 0.3 is 5.97 Å². The highest BCUT2D eigenvalue weighted by atomic mass is 16.5. The Balaban J connectivity index is 1.99. The maximum atomic E-state index is 12.9. The molecule has 1 N–H and O–H groups in total. The lowest BCUT2D eigenvalue weighted by atomic mass is 9.69. The average molecular weight is 369 g/mol. The second-order valence-electron chi connectivity index (χ2n) is 7.32. The molecule has 5 heteroatoms. The van der Waals surface area contributed by atoms with Crippen LogP contribution in [0, 0.1) is 5.92 Å². The van der Waals surface area contributed by atoms with Gasteiger partial charge < -0.3 is 9.84 Å². The van der Waals surface area contributed by atoms with E-state index in [9.17, 15) is 14.7 Å². The number of ketones is 1. The lowest BCUT2D eigenvalue weighted by molar-refractivity contribution is -0.139. The number of nitrogens with zero attached hydrogens (tertiary/aromatic N) is 1. The first-order valence-electron chi connectivity index (χ1n) is 9.80. The van der Waals surface area contributed by atoms with Crippen LogP contribution in [0.5, 0.6) is 5.75 Å². The number of hydrogen-bond acceptors (Lipinski definition) is 5. The van der Waals surface area contributed by atoms with Crippen LogP contribution in [0.25, 0.3) is 0 Å². The van der Waals surface area contributed by atoms with Gasteiger partial charge in [-0.3, -0.25) is 9.79 Å². The molecule has 0 saturated heterocycles. The molecule has 5 nitrogen and oxygen atoms in total. The highest BCUT2D eigenvalue weighted by Gasteiger charge is 2.43. The molecule has 2 atom stereocenters. The Morgan fingerprint density at radius 1 is 1.26 bits per heavy atom. The number of hydrogen-bond donors (Lipinski definition) is 1. The van der Waals surface area contributed by atoms with Crippen molar-refractivity contribution in [3.63, 3.8) is 0 Å². The van der Waals surface area contributed by atoms with Gasteiger partial charge in [-0.2, -0.15) is 0 Å². The van der Waals surface area contributed by atoms with Crippen LogP contribution in [0.3, 0.4) is 0 Å². The number of fused-ring (bicyclic) bond motifs is 1. The molecule has 2 aliphatic rings. The second-order valence-corrected chi connectivity index (χ2v) is 7.32. The Kier molecular flexibility index (Phi) is 6.09. The Hall–Kier alpha value is -2.43. The van der Waals surface area contributed by atoms with Gasteiger partial charge in [-0.1, -0.05) is 31.9 Å². The van der Waals surface area contributed by atoms with E-state index in [2.05, 4.69) is 11.9 Å². The number of rotatable bonds is 6. The highest BCUT2D eigenvalue weighted by Crippen LogP contribution is 2.43. The zero-order valence-electron chi connectivity index (χ0n) is 16.0. The minimum Gasteiger partial charge on any atom is -0.508 e. The lowest BCUT2D eigenvalue weighted by Gasteiger charge is -2.35. The standard InChI is InChI=1S/C22H27NO4/c1-3-4-5-12-27-22(26)19-14(2)23-17-10-7-11-18(25)21(17)20(19)15-8-6-9-16(24)13-15/h6,8-9,13,20-21,24H,3-5,7,10-12H2,1-2H3/t20-,21+/m0/s1. The first-order chi connectivity index (χ1) is 13.0. The fraction of sp³-hybridized carbons (Fsp3) is 0.500. The van der Waals surface area contributed by atoms with Crippen molar-refractivity contribution >= 4 is 17.5 Å². The minimum absolute atomic E-state index is 0.108. The maximum Gasteiger partial charge on any atom is 0.336 e. The van der Waals surface area contributed by atoms with Gasteiger partial charge in [0.15, 0.2) is 0 Å². The van der Waals surface area contributed by atoms with E-state index < -0.39 is 17.8 Å². The number of allylic oxidation sites excluding steroid dienone is 1. The average Bonchev–Trinajstić information content (AvgIpc) is 2.64. The van der Waals surface area contributed by atoms with Crippen LogP contribution >= 0.6 is 0 Å². The zero-order chi connectivity index (χ0) is 19.4. The van der Waals surface area contributed by atoms with Gasteiger partial charge in [-0.05, 0) is 43.9 Å². The molecule has 1 aliphatic carbocycles. The highest BCUT2D eigenvalue weighted by molar-refractivity contribution is 6.11. The number of aromatic hydroxyl groups is 1. The molecule has 1 fully saturated rings. The van der Waals surface area contributed by atoms with E-state index in [1.54, 1.807) is 25.1 Å². The van der Waals surface area contributed by atoms with Crippen molar-refractivity contribution in [2.45, 2.75) is 58.3 Å². The smallest absolute Gasteiger partial charge is 0.336 e. The van der Waals surface area contributed by atoms with Crippen molar-refractivity contribution in [1.29, 1.82) is 0 Å². The Morgan fingerprint density at radius 3 is 2.81 bits per heavy atom. The van der Waals surface area contributed by atoms with Crippen molar-refractivity contribution < 1.29 is 19.4 Å². The molecule has 3 rings (SSSR count). The molecule has 0 radical (unpaired) electrons. The van der Waals surface area contributed by atoms with E-state index in [0.717, 1.165) is 43.4 Å². The van der Waals surface area contributed by atoms with Crippen LogP contribution in [0.1, 0.15) is 63.9 Å². The van der Waals surface area contributed by atoms with Crippen LogP contribution in [0.4, 0.5) is 0 Å². The molecule has 0 bridgehead atoms. The summed E-state index contributed by atoms with van der Waals surface area (Å²) in [6, 6.07) is 6.81. The molecule has 0 amide bonds. The Morgan fingerprint density at radius 2 is 2.07 bits per heavy atom. The first kappa shape index (κ1) is 19.3. The second kappa shape index (κ2) is 8.51. The summed E-state index contributed by atoms with van der Waals surface area (Å²) < 4.78 is 5.51. The summed E-state index contributed by atoms with van der Waals surface area (Å²) in [6.45, 7) is 4.27. The summed E-state index contributed by atoms with van der Waals surface area (Å²) in [5, 5.41) is 9.95. The number of carbonyl (C=O) groups is 2. The summed E-state index contributed by atoms with van der Waals surface area (Å²) >= 11 is 0. The third kappa shape index (κ3) is 4.12. The molecule has 1 saturated carbocycles. The summed E-state index contributed by atoms with van der Waals surface area (Å²) in [6.07, 6.45) is 4.94. The molecule has 1 aromatic carbocycles. The molecular formula is C22H27NO4. The quantitative estimate of drug-likeness (QED) is 0.599. The largest absolute Gasteiger partial charge is 0.508 e. The fourth-order valence-corrected chi connectivity index (χ4v) is 4.06. The molecule has 27 heavy (non-hydrogen) atoms. The van der Waals surface area contributed by atoms with Gasteiger partial charge in [-0.25, -0.2) is 4.79 Å². The van der Waals surface area contributed by atoms with Gasteiger partial charge in [0.1, 0.15) is 11.5 Å². The van der Waals surface area contributed by atoms with Crippen molar-refractivity contribution in [2.75, 3.05) is 6.61 Å². The molecule has 1 aromatic rings. The van der Waals surface area contributed by atoms with E-state index in [0.29, 0.717) is 24.3 Å². The summed E-state index contributed by atoms with van der Waals surface area (Å²) in [5.74, 6) is -1.07. The summed E-state index contributed by atoms with van der Waals surface area (Å²) in [4.78, 5) is 30.3.